The third kappa shape index (κ3) is 5.14. The quantitative estimate of drug-likeness (QED) is 0.739. The van der Waals surface area contributed by atoms with E-state index < -0.39 is 10.0 Å². The second-order valence-electron chi connectivity index (χ2n) is 5.78. The maximum absolute atomic E-state index is 12.2. The fraction of sp³-hybridized carbons (Fsp3) is 0.500. The zero-order valence-corrected chi connectivity index (χ0v) is 14.0. The molecule has 0 aromatic heterocycles. The largest absolute Gasteiger partial charge is 0.353 e. The molecule has 0 heterocycles. The van der Waals surface area contributed by atoms with Gasteiger partial charge in [0.2, 0.25) is 15.9 Å². The van der Waals surface area contributed by atoms with Gasteiger partial charge in [-0.2, -0.15) is 0 Å². The first-order chi connectivity index (χ1) is 10.9. The Balaban J connectivity index is 1.87. The lowest BCUT2D eigenvalue weighted by Gasteiger charge is -2.12. The summed E-state index contributed by atoms with van der Waals surface area (Å²) in [5.41, 5.74) is 0.340. The number of rotatable bonds is 7. The van der Waals surface area contributed by atoms with Crippen LogP contribution in [0, 0.1) is 0 Å². The molecule has 0 spiro atoms. The van der Waals surface area contributed by atoms with E-state index in [2.05, 4.69) is 10.0 Å². The lowest BCUT2D eigenvalue weighted by atomic mass is 10.2. The fourth-order valence-electron chi connectivity index (χ4n) is 2.63. The monoisotopic (exact) mass is 338 g/mol. The summed E-state index contributed by atoms with van der Waals surface area (Å²) >= 11 is 0. The van der Waals surface area contributed by atoms with Gasteiger partial charge in [-0.1, -0.05) is 25.0 Å². The maximum Gasteiger partial charge on any atom is 0.240 e. The fourth-order valence-corrected chi connectivity index (χ4v) is 3.71. The van der Waals surface area contributed by atoms with E-state index in [1.165, 1.54) is 25.1 Å². The smallest absolute Gasteiger partial charge is 0.240 e. The standard InChI is InChI=1S/C16H22N2O4S/c1-12(19)13-5-4-8-15(11-13)23(21,22)17-10-9-16(20)18-14-6-2-3-7-14/h4-5,8,11,14,17H,2-3,6-7,9-10H2,1H3,(H,18,20). The van der Waals surface area contributed by atoms with E-state index in [1.54, 1.807) is 6.07 Å². The van der Waals surface area contributed by atoms with Crippen molar-refractivity contribution >= 4 is 21.7 Å². The van der Waals surface area contributed by atoms with Crippen molar-refractivity contribution in [1.29, 1.82) is 0 Å². The van der Waals surface area contributed by atoms with Gasteiger partial charge >= 0.3 is 0 Å². The Labute approximate surface area is 136 Å². The molecule has 1 aliphatic carbocycles. The summed E-state index contributed by atoms with van der Waals surface area (Å²) in [6.07, 6.45) is 4.35. The molecule has 23 heavy (non-hydrogen) atoms. The average Bonchev–Trinajstić information content (AvgIpc) is 3.00. The van der Waals surface area contributed by atoms with Crippen LogP contribution >= 0.6 is 0 Å². The van der Waals surface area contributed by atoms with E-state index in [1.807, 2.05) is 0 Å². The highest BCUT2D eigenvalue weighted by atomic mass is 32.2. The molecule has 6 nitrogen and oxygen atoms in total. The van der Waals surface area contributed by atoms with Crippen LogP contribution in [-0.2, 0) is 14.8 Å². The Morgan fingerprint density at radius 1 is 1.22 bits per heavy atom. The van der Waals surface area contributed by atoms with Crippen LogP contribution in [0.2, 0.25) is 0 Å². The molecule has 1 saturated carbocycles. The predicted molar refractivity (Wildman–Crippen MR) is 86.7 cm³/mol. The highest BCUT2D eigenvalue weighted by molar-refractivity contribution is 7.89. The molecule has 7 heteroatoms. The minimum absolute atomic E-state index is 0.0291. The number of hydrogen-bond acceptors (Lipinski definition) is 4. The van der Waals surface area contributed by atoms with Crippen LogP contribution in [-0.4, -0.2) is 32.7 Å². The van der Waals surface area contributed by atoms with Crippen molar-refractivity contribution in [2.45, 2.75) is 50.0 Å². The van der Waals surface area contributed by atoms with Gasteiger partial charge < -0.3 is 5.32 Å². The van der Waals surface area contributed by atoms with Gasteiger partial charge in [0, 0.05) is 24.6 Å². The summed E-state index contributed by atoms with van der Waals surface area (Å²) < 4.78 is 26.8. The van der Waals surface area contributed by atoms with E-state index in [9.17, 15) is 18.0 Å². The van der Waals surface area contributed by atoms with Crippen molar-refractivity contribution in [3.63, 3.8) is 0 Å². The number of nitrogens with one attached hydrogen (secondary N) is 2. The SMILES string of the molecule is CC(=O)c1cccc(S(=O)(=O)NCCC(=O)NC2CCCC2)c1. The predicted octanol–water partition coefficient (Wildman–Crippen LogP) is 1.62. The molecule has 0 bridgehead atoms. The first-order valence-corrected chi connectivity index (χ1v) is 9.27. The Morgan fingerprint density at radius 3 is 2.57 bits per heavy atom. The first kappa shape index (κ1) is 17.6. The molecule has 2 rings (SSSR count). The van der Waals surface area contributed by atoms with Crippen LogP contribution in [0.3, 0.4) is 0 Å². The number of amides is 1. The highest BCUT2D eigenvalue weighted by Gasteiger charge is 2.18. The Bertz CT molecular complexity index is 679. The lowest BCUT2D eigenvalue weighted by Crippen LogP contribution is -2.35. The van der Waals surface area contributed by atoms with E-state index in [-0.39, 0.29) is 35.6 Å². The summed E-state index contributed by atoms with van der Waals surface area (Å²) in [4.78, 5) is 23.1. The van der Waals surface area contributed by atoms with Gasteiger partial charge in [0.15, 0.2) is 5.78 Å². The number of sulfonamides is 1. The molecule has 1 aliphatic rings. The van der Waals surface area contributed by atoms with E-state index in [0.717, 1.165) is 25.7 Å². The van der Waals surface area contributed by atoms with Crippen molar-refractivity contribution in [2.75, 3.05) is 6.54 Å². The van der Waals surface area contributed by atoms with Crippen LogP contribution in [0.4, 0.5) is 0 Å². The van der Waals surface area contributed by atoms with E-state index in [0.29, 0.717) is 5.56 Å². The molecular weight excluding hydrogens is 316 g/mol. The molecule has 1 aromatic carbocycles. The van der Waals surface area contributed by atoms with Crippen LogP contribution in [0.25, 0.3) is 0 Å². The summed E-state index contributed by atoms with van der Waals surface area (Å²) in [6.45, 7) is 1.41. The van der Waals surface area contributed by atoms with Crippen LogP contribution in [0.15, 0.2) is 29.2 Å². The van der Waals surface area contributed by atoms with Crippen LogP contribution in [0.5, 0.6) is 0 Å². The van der Waals surface area contributed by atoms with Gasteiger partial charge in [0.1, 0.15) is 0 Å². The van der Waals surface area contributed by atoms with Gasteiger partial charge in [-0.3, -0.25) is 9.59 Å². The molecule has 1 amide bonds. The lowest BCUT2D eigenvalue weighted by molar-refractivity contribution is -0.121. The zero-order chi connectivity index (χ0) is 16.9. The second kappa shape index (κ2) is 7.70. The molecule has 126 valence electrons. The molecule has 2 N–H and O–H groups in total. The topological polar surface area (TPSA) is 92.3 Å². The summed E-state index contributed by atoms with van der Waals surface area (Å²) in [5, 5.41) is 2.91. The second-order valence-corrected chi connectivity index (χ2v) is 7.55. The van der Waals surface area contributed by atoms with Crippen molar-refractivity contribution in [3.8, 4) is 0 Å². The molecule has 1 aromatic rings. The van der Waals surface area contributed by atoms with Gasteiger partial charge in [0.05, 0.1) is 4.90 Å². The number of benzene rings is 1. The van der Waals surface area contributed by atoms with Crippen molar-refractivity contribution in [3.05, 3.63) is 29.8 Å². The van der Waals surface area contributed by atoms with Crippen LogP contribution < -0.4 is 10.0 Å². The van der Waals surface area contributed by atoms with E-state index in [4.69, 9.17) is 0 Å². The molecular formula is C16H22N2O4S. The first-order valence-electron chi connectivity index (χ1n) is 7.78. The van der Waals surface area contributed by atoms with Crippen molar-refractivity contribution in [1.82, 2.24) is 10.0 Å². The van der Waals surface area contributed by atoms with E-state index >= 15 is 0 Å². The molecule has 0 saturated heterocycles. The number of hydrogen-bond donors (Lipinski definition) is 2. The summed E-state index contributed by atoms with van der Waals surface area (Å²) in [7, 11) is -3.72. The average molecular weight is 338 g/mol. The Morgan fingerprint density at radius 2 is 1.91 bits per heavy atom. The minimum Gasteiger partial charge on any atom is -0.353 e. The zero-order valence-electron chi connectivity index (χ0n) is 13.2. The van der Waals surface area contributed by atoms with Gasteiger partial charge in [0.25, 0.3) is 0 Å². The third-order valence-electron chi connectivity index (χ3n) is 3.92. The molecule has 0 aliphatic heterocycles. The van der Waals surface area contributed by atoms with Crippen molar-refractivity contribution < 1.29 is 18.0 Å². The van der Waals surface area contributed by atoms with Gasteiger partial charge in [-0.15, -0.1) is 0 Å². The Hall–Kier alpha value is -1.73. The third-order valence-corrected chi connectivity index (χ3v) is 5.37. The normalized spacial score (nSPS) is 15.5. The molecule has 0 atom stereocenters. The van der Waals surface area contributed by atoms with Gasteiger partial charge in [-0.25, -0.2) is 13.1 Å². The highest BCUT2D eigenvalue weighted by Crippen LogP contribution is 2.17. The number of carbonyl (C=O) groups excluding carboxylic acids is 2. The molecule has 1 fully saturated rings. The summed E-state index contributed by atoms with van der Waals surface area (Å²) in [6, 6.07) is 6.08. The number of carbonyl (C=O) groups is 2. The van der Waals surface area contributed by atoms with Gasteiger partial charge in [-0.05, 0) is 31.9 Å². The number of ketones is 1. The number of Topliss-reactive ketones (excluding diaryl/α,β-unsaturated/α-hetero) is 1. The summed E-state index contributed by atoms with van der Waals surface area (Å²) in [5.74, 6) is -0.338. The van der Waals surface area contributed by atoms with Crippen molar-refractivity contribution in [2.24, 2.45) is 0 Å². The Kier molecular flexibility index (Phi) is 5.90. The molecule has 0 radical (unpaired) electrons. The molecule has 0 unspecified atom stereocenters. The maximum atomic E-state index is 12.2. The van der Waals surface area contributed by atoms with Crippen LogP contribution in [0.1, 0.15) is 49.4 Å². The minimum atomic E-state index is -3.72.